The molecule has 1 aliphatic rings. The molecule has 4 rings (SSSR count). The van der Waals surface area contributed by atoms with Crippen LogP contribution < -0.4 is 5.32 Å². The Morgan fingerprint density at radius 2 is 1.75 bits per heavy atom. The first-order valence-electron chi connectivity index (χ1n) is 10.5. The number of carbonyl (C=O) groups is 1. The first-order valence-corrected chi connectivity index (χ1v) is 11.9. The lowest BCUT2D eigenvalue weighted by atomic mass is 10.1. The van der Waals surface area contributed by atoms with Gasteiger partial charge in [-0.3, -0.25) is 9.78 Å². The third kappa shape index (κ3) is 5.33. The van der Waals surface area contributed by atoms with E-state index in [0.29, 0.717) is 5.56 Å². The Balaban J connectivity index is 1.47. The molecule has 1 aliphatic heterocycles. The lowest BCUT2D eigenvalue weighted by Gasteiger charge is -2.24. The summed E-state index contributed by atoms with van der Waals surface area (Å²) in [4.78, 5) is 23.1. The number of pyridine rings is 1. The highest BCUT2D eigenvalue weighted by molar-refractivity contribution is 7.89. The normalized spacial score (nSPS) is 18.8. The Morgan fingerprint density at radius 1 is 1.08 bits per heavy atom. The Hall–Kier alpha value is -3.52. The van der Waals surface area contributed by atoms with Gasteiger partial charge in [0, 0.05) is 37.2 Å². The summed E-state index contributed by atoms with van der Waals surface area (Å²) in [5, 5.41) is 2.49. The average Bonchev–Trinajstić information content (AvgIpc) is 3.25. The van der Waals surface area contributed by atoms with Crippen molar-refractivity contribution >= 4 is 15.9 Å². The van der Waals surface area contributed by atoms with Crippen molar-refractivity contribution in [3.63, 3.8) is 0 Å². The summed E-state index contributed by atoms with van der Waals surface area (Å²) in [5.41, 5.74) is 0.905. The van der Waals surface area contributed by atoms with Crippen LogP contribution in [0.3, 0.4) is 0 Å². The standard InChI is InChI=1S/C22H18F5N5O3S/c23-15-1-3-16(4-2-15)36(34,35)32-8-6-17(24)19(32)20(33)29-10-13-5-7-28-18(9-13)14-11-30-21(31-12-14)22(25,26)27/h1-5,7,9,11-12,17,19H,6,8,10H2,(H,29,33). The van der Waals surface area contributed by atoms with E-state index in [1.54, 1.807) is 0 Å². The van der Waals surface area contributed by atoms with Crippen molar-refractivity contribution in [1.82, 2.24) is 24.6 Å². The molecule has 3 aromatic rings. The lowest BCUT2D eigenvalue weighted by Crippen LogP contribution is -2.49. The number of nitrogens with zero attached hydrogens (tertiary/aromatic N) is 4. The van der Waals surface area contributed by atoms with E-state index < -0.39 is 46.0 Å². The molecule has 0 radical (unpaired) electrons. The van der Waals surface area contributed by atoms with Gasteiger partial charge in [-0.05, 0) is 48.4 Å². The summed E-state index contributed by atoms with van der Waals surface area (Å²) >= 11 is 0. The average molecular weight is 527 g/mol. The monoisotopic (exact) mass is 527 g/mol. The number of carbonyl (C=O) groups excluding carboxylic acids is 1. The smallest absolute Gasteiger partial charge is 0.351 e. The summed E-state index contributed by atoms with van der Waals surface area (Å²) in [5.74, 6) is -2.82. The second-order valence-corrected chi connectivity index (χ2v) is 9.77. The minimum absolute atomic E-state index is 0.135. The molecule has 2 unspecified atom stereocenters. The number of rotatable bonds is 6. The second kappa shape index (κ2) is 9.85. The molecule has 2 atom stereocenters. The van der Waals surface area contributed by atoms with Gasteiger partial charge in [0.05, 0.1) is 10.6 Å². The van der Waals surface area contributed by atoms with Crippen molar-refractivity contribution in [2.75, 3.05) is 6.54 Å². The Morgan fingerprint density at radius 3 is 2.39 bits per heavy atom. The highest BCUT2D eigenvalue weighted by Crippen LogP contribution is 2.29. The van der Waals surface area contributed by atoms with Gasteiger partial charge in [0.2, 0.25) is 21.8 Å². The number of amides is 1. The number of nitrogens with one attached hydrogen (secondary N) is 1. The van der Waals surface area contributed by atoms with E-state index in [4.69, 9.17) is 0 Å². The van der Waals surface area contributed by atoms with Crippen LogP contribution in [-0.4, -0.2) is 52.3 Å². The molecule has 0 aliphatic carbocycles. The van der Waals surface area contributed by atoms with Gasteiger partial charge >= 0.3 is 6.18 Å². The molecule has 0 bridgehead atoms. The SMILES string of the molecule is O=C(NCc1ccnc(-c2cnc(C(F)(F)F)nc2)c1)C1C(F)CCN1S(=O)(=O)c1ccc(F)cc1. The van der Waals surface area contributed by atoms with Gasteiger partial charge in [0.1, 0.15) is 18.0 Å². The number of hydrogen-bond donors (Lipinski definition) is 1. The fourth-order valence-electron chi connectivity index (χ4n) is 3.68. The molecule has 1 fully saturated rings. The number of sulfonamides is 1. The van der Waals surface area contributed by atoms with Gasteiger partial charge in [-0.25, -0.2) is 27.2 Å². The van der Waals surface area contributed by atoms with Gasteiger partial charge in [-0.15, -0.1) is 0 Å². The van der Waals surface area contributed by atoms with Crippen LogP contribution in [-0.2, 0) is 27.5 Å². The lowest BCUT2D eigenvalue weighted by molar-refractivity contribution is -0.145. The van der Waals surface area contributed by atoms with Crippen molar-refractivity contribution < 1.29 is 35.2 Å². The summed E-state index contributed by atoms with van der Waals surface area (Å²) in [6.45, 7) is -0.365. The van der Waals surface area contributed by atoms with Crippen molar-refractivity contribution in [3.8, 4) is 11.3 Å². The third-order valence-electron chi connectivity index (χ3n) is 5.46. The maximum absolute atomic E-state index is 14.6. The zero-order valence-corrected chi connectivity index (χ0v) is 19.1. The predicted molar refractivity (Wildman–Crippen MR) is 116 cm³/mol. The minimum Gasteiger partial charge on any atom is -0.351 e. The molecular weight excluding hydrogens is 509 g/mol. The molecule has 0 saturated carbocycles. The van der Waals surface area contributed by atoms with Crippen LogP contribution in [0.1, 0.15) is 17.8 Å². The molecule has 1 amide bonds. The second-order valence-electron chi connectivity index (χ2n) is 7.88. The topological polar surface area (TPSA) is 105 Å². The van der Waals surface area contributed by atoms with E-state index in [9.17, 15) is 35.2 Å². The van der Waals surface area contributed by atoms with E-state index in [1.807, 2.05) is 0 Å². The van der Waals surface area contributed by atoms with Crippen LogP contribution in [0.15, 0.2) is 59.9 Å². The van der Waals surface area contributed by atoms with Gasteiger partial charge in [-0.1, -0.05) is 0 Å². The van der Waals surface area contributed by atoms with Crippen LogP contribution in [0.4, 0.5) is 22.0 Å². The fourth-order valence-corrected chi connectivity index (χ4v) is 5.30. The number of alkyl halides is 4. The summed E-state index contributed by atoms with van der Waals surface area (Å²) in [6, 6.07) is 5.35. The number of hydrogen-bond acceptors (Lipinski definition) is 6. The number of benzene rings is 1. The first kappa shape index (κ1) is 25.6. The highest BCUT2D eigenvalue weighted by Gasteiger charge is 2.46. The molecule has 0 spiro atoms. The zero-order chi connectivity index (χ0) is 26.1. The summed E-state index contributed by atoms with van der Waals surface area (Å²) in [6.07, 6.45) is -3.35. The fraction of sp³-hybridized carbons (Fsp3) is 0.273. The molecule has 14 heteroatoms. The maximum Gasteiger partial charge on any atom is 0.451 e. The van der Waals surface area contributed by atoms with Crippen molar-refractivity contribution in [2.45, 2.75) is 36.3 Å². The highest BCUT2D eigenvalue weighted by atomic mass is 32.2. The third-order valence-corrected chi connectivity index (χ3v) is 7.35. The molecule has 8 nitrogen and oxygen atoms in total. The van der Waals surface area contributed by atoms with Gasteiger partial charge in [0.25, 0.3) is 0 Å². The predicted octanol–water partition coefficient (Wildman–Crippen LogP) is 3.11. The van der Waals surface area contributed by atoms with Crippen molar-refractivity contribution in [3.05, 3.63) is 72.2 Å². The van der Waals surface area contributed by atoms with E-state index in [2.05, 4.69) is 20.3 Å². The quantitative estimate of drug-likeness (QED) is 0.494. The number of halogens is 5. The molecule has 190 valence electrons. The van der Waals surface area contributed by atoms with Crippen LogP contribution >= 0.6 is 0 Å². The van der Waals surface area contributed by atoms with E-state index >= 15 is 0 Å². The van der Waals surface area contributed by atoms with Gasteiger partial charge < -0.3 is 5.32 Å². The minimum atomic E-state index is -4.69. The Labute approximate surface area is 202 Å². The molecular formula is C22H18F5N5O3S. The molecule has 1 aromatic carbocycles. The zero-order valence-electron chi connectivity index (χ0n) is 18.3. The van der Waals surface area contributed by atoms with Crippen molar-refractivity contribution in [1.29, 1.82) is 0 Å². The van der Waals surface area contributed by atoms with E-state index in [-0.39, 0.29) is 35.7 Å². The van der Waals surface area contributed by atoms with E-state index in [1.165, 1.54) is 18.3 Å². The Bertz CT molecular complexity index is 1350. The summed E-state index contributed by atoms with van der Waals surface area (Å²) in [7, 11) is -4.26. The largest absolute Gasteiger partial charge is 0.451 e. The van der Waals surface area contributed by atoms with E-state index in [0.717, 1.165) is 41.0 Å². The Kier molecular flexibility index (Phi) is 7.00. The van der Waals surface area contributed by atoms with Crippen LogP contribution in [0.25, 0.3) is 11.3 Å². The maximum atomic E-state index is 14.6. The molecule has 2 aromatic heterocycles. The molecule has 1 saturated heterocycles. The first-order chi connectivity index (χ1) is 17.0. The van der Waals surface area contributed by atoms with Gasteiger partial charge in [-0.2, -0.15) is 17.5 Å². The molecule has 3 heterocycles. The number of aromatic nitrogens is 3. The summed E-state index contributed by atoms with van der Waals surface area (Å²) < 4.78 is 92.4. The molecule has 36 heavy (non-hydrogen) atoms. The van der Waals surface area contributed by atoms with Gasteiger partial charge in [0.15, 0.2) is 0 Å². The van der Waals surface area contributed by atoms with Crippen molar-refractivity contribution in [2.24, 2.45) is 0 Å². The van der Waals surface area contributed by atoms with Crippen LogP contribution in [0.2, 0.25) is 0 Å². The molecule has 1 N–H and O–H groups in total. The van der Waals surface area contributed by atoms with Crippen LogP contribution in [0, 0.1) is 5.82 Å². The van der Waals surface area contributed by atoms with Crippen LogP contribution in [0.5, 0.6) is 0 Å².